The molecule has 0 aliphatic carbocycles. The monoisotopic (exact) mass is 224 g/mol. The largest absolute Gasteiger partial charge is 0.382 e. The van der Waals surface area contributed by atoms with Gasteiger partial charge in [0.05, 0.1) is 26.4 Å². The van der Waals surface area contributed by atoms with E-state index in [0.717, 1.165) is 0 Å². The Morgan fingerprint density at radius 3 is 2.36 bits per heavy atom. The molecule has 0 rings (SSSR count). The summed E-state index contributed by atoms with van der Waals surface area (Å²) >= 11 is 0. The first kappa shape index (κ1) is 14.1. The molecule has 0 heterocycles. The van der Waals surface area contributed by atoms with Gasteiger partial charge in [0.1, 0.15) is 7.43 Å². The molecule has 0 fully saturated rings. The molecule has 0 amide bonds. The van der Waals surface area contributed by atoms with Crippen LogP contribution in [-0.4, -0.2) is 54.3 Å². The smallest absolute Gasteiger partial charge is 0.147 e. The SMILES string of the molecule is CN=P(C)(NC)OCCOCCOC. The molecular weight excluding hydrogens is 203 g/mol. The Bertz CT molecular complexity index is 187. The van der Waals surface area contributed by atoms with E-state index in [0.29, 0.717) is 26.4 Å². The lowest BCUT2D eigenvalue weighted by Gasteiger charge is -2.18. The number of nitrogens with zero attached hydrogens (tertiary/aromatic N) is 1. The molecule has 0 aromatic rings. The number of rotatable bonds is 8. The van der Waals surface area contributed by atoms with E-state index in [1.54, 1.807) is 14.2 Å². The summed E-state index contributed by atoms with van der Waals surface area (Å²) in [5.41, 5.74) is 0. The summed E-state index contributed by atoms with van der Waals surface area (Å²) in [6, 6.07) is 0. The highest BCUT2D eigenvalue weighted by molar-refractivity contribution is 7.58. The van der Waals surface area contributed by atoms with Gasteiger partial charge >= 0.3 is 0 Å². The molecule has 1 atom stereocenters. The molecule has 0 aliphatic rings. The van der Waals surface area contributed by atoms with Gasteiger partial charge in [0.15, 0.2) is 0 Å². The molecule has 0 aromatic heterocycles. The number of hydrogen-bond donors (Lipinski definition) is 1. The van der Waals surface area contributed by atoms with Crippen LogP contribution in [0.1, 0.15) is 0 Å². The van der Waals surface area contributed by atoms with Crippen molar-refractivity contribution in [1.29, 1.82) is 0 Å². The maximum absolute atomic E-state index is 5.58. The van der Waals surface area contributed by atoms with E-state index in [1.165, 1.54) is 0 Å². The van der Waals surface area contributed by atoms with Crippen LogP contribution < -0.4 is 5.09 Å². The average Bonchev–Trinajstić information content (AvgIpc) is 2.23. The fraction of sp³-hybridized carbons (Fsp3) is 1.00. The number of nitrogens with one attached hydrogen (secondary N) is 1. The molecule has 86 valence electrons. The normalized spacial score (nSPS) is 15.1. The third kappa shape index (κ3) is 6.51. The van der Waals surface area contributed by atoms with Crippen molar-refractivity contribution in [3.63, 3.8) is 0 Å². The third-order valence-corrected chi connectivity index (χ3v) is 4.08. The second-order valence-corrected chi connectivity index (χ2v) is 5.60. The van der Waals surface area contributed by atoms with Crippen LogP contribution in [0, 0.1) is 0 Å². The molecule has 6 heteroatoms. The van der Waals surface area contributed by atoms with Crippen LogP contribution in [0.2, 0.25) is 0 Å². The molecule has 0 saturated carbocycles. The molecule has 0 saturated heterocycles. The third-order valence-electron chi connectivity index (χ3n) is 1.80. The molecule has 0 spiro atoms. The van der Waals surface area contributed by atoms with E-state index >= 15 is 0 Å². The molecule has 1 unspecified atom stereocenters. The Morgan fingerprint density at radius 1 is 1.21 bits per heavy atom. The second kappa shape index (κ2) is 8.38. The van der Waals surface area contributed by atoms with Crippen LogP contribution in [0.25, 0.3) is 0 Å². The Balaban J connectivity index is 3.44. The van der Waals surface area contributed by atoms with Crippen LogP contribution in [0.5, 0.6) is 0 Å². The van der Waals surface area contributed by atoms with E-state index in [-0.39, 0.29) is 0 Å². The summed E-state index contributed by atoms with van der Waals surface area (Å²) in [6.45, 7) is 4.35. The van der Waals surface area contributed by atoms with Gasteiger partial charge in [-0.1, -0.05) is 0 Å². The van der Waals surface area contributed by atoms with Crippen LogP contribution in [0.15, 0.2) is 4.74 Å². The zero-order valence-corrected chi connectivity index (χ0v) is 10.3. The highest BCUT2D eigenvalue weighted by Gasteiger charge is 2.07. The summed E-state index contributed by atoms with van der Waals surface area (Å²) in [6.07, 6.45) is 0. The van der Waals surface area contributed by atoms with Crippen LogP contribution in [-0.2, 0) is 14.0 Å². The lowest BCUT2D eigenvalue weighted by Crippen LogP contribution is -2.11. The summed E-state index contributed by atoms with van der Waals surface area (Å²) < 4.78 is 19.8. The van der Waals surface area contributed by atoms with Gasteiger partial charge < -0.3 is 14.0 Å². The first-order chi connectivity index (χ1) is 6.68. The van der Waals surface area contributed by atoms with Crippen LogP contribution in [0.4, 0.5) is 0 Å². The fourth-order valence-corrected chi connectivity index (χ4v) is 1.62. The van der Waals surface area contributed by atoms with Gasteiger partial charge in [0.25, 0.3) is 0 Å². The van der Waals surface area contributed by atoms with Crippen molar-refractivity contribution in [3.8, 4) is 0 Å². The average molecular weight is 224 g/mol. The van der Waals surface area contributed by atoms with Gasteiger partial charge in [-0.3, -0.25) is 9.83 Å². The number of methoxy groups -OCH3 is 1. The Hall–Kier alpha value is 0.0700. The predicted octanol–water partition coefficient (Wildman–Crippen LogP) is 1.18. The minimum atomic E-state index is -1.72. The van der Waals surface area contributed by atoms with Gasteiger partial charge in [-0.15, -0.1) is 0 Å². The lowest BCUT2D eigenvalue weighted by atomic mass is 10.7. The Morgan fingerprint density at radius 2 is 1.86 bits per heavy atom. The second-order valence-electron chi connectivity index (χ2n) is 2.74. The molecule has 0 radical (unpaired) electrons. The predicted molar refractivity (Wildman–Crippen MR) is 58.9 cm³/mol. The molecule has 0 bridgehead atoms. The first-order valence-electron chi connectivity index (χ1n) is 4.56. The van der Waals surface area contributed by atoms with Crippen molar-refractivity contribution in [2.75, 3.05) is 54.3 Å². The Kier molecular flexibility index (Phi) is 8.43. The topological polar surface area (TPSA) is 52.1 Å². The molecule has 5 nitrogen and oxygen atoms in total. The Labute approximate surface area is 86.3 Å². The molecule has 0 aromatic carbocycles. The van der Waals surface area contributed by atoms with E-state index in [9.17, 15) is 0 Å². The van der Waals surface area contributed by atoms with E-state index in [4.69, 9.17) is 14.0 Å². The highest BCUT2D eigenvalue weighted by atomic mass is 31.2. The van der Waals surface area contributed by atoms with Gasteiger partial charge in [-0.2, -0.15) is 0 Å². The lowest BCUT2D eigenvalue weighted by molar-refractivity contribution is 0.0558. The van der Waals surface area contributed by atoms with E-state index in [1.807, 2.05) is 13.7 Å². The quantitative estimate of drug-likeness (QED) is 0.497. The van der Waals surface area contributed by atoms with Crippen molar-refractivity contribution in [2.45, 2.75) is 0 Å². The molecule has 14 heavy (non-hydrogen) atoms. The molecular formula is C8H21N2O3P. The van der Waals surface area contributed by atoms with E-state index < -0.39 is 7.43 Å². The van der Waals surface area contributed by atoms with Crippen molar-refractivity contribution in [1.82, 2.24) is 5.09 Å². The van der Waals surface area contributed by atoms with Gasteiger partial charge in [-0.05, 0) is 7.05 Å². The minimum absolute atomic E-state index is 0.562. The maximum atomic E-state index is 5.58. The standard InChI is InChI=1S/C8H21N2O3P/c1-9-14(4,10-2)13-8-7-12-6-5-11-3/h9H,5-8H2,1-4H3. The fourth-order valence-electron chi connectivity index (χ4n) is 0.741. The van der Waals surface area contributed by atoms with Gasteiger partial charge in [0.2, 0.25) is 0 Å². The summed E-state index contributed by atoms with van der Waals surface area (Å²) in [4.78, 5) is 0. The number of ether oxygens (including phenoxy) is 2. The van der Waals surface area contributed by atoms with Crippen LogP contribution in [0.3, 0.4) is 0 Å². The molecule has 0 aliphatic heterocycles. The summed E-state index contributed by atoms with van der Waals surface area (Å²) in [7, 11) is 3.54. The summed E-state index contributed by atoms with van der Waals surface area (Å²) in [5, 5.41) is 3.07. The van der Waals surface area contributed by atoms with Gasteiger partial charge in [0, 0.05) is 20.8 Å². The van der Waals surface area contributed by atoms with Crippen molar-refractivity contribution < 1.29 is 14.0 Å². The van der Waals surface area contributed by atoms with E-state index in [2.05, 4.69) is 9.83 Å². The summed E-state index contributed by atoms with van der Waals surface area (Å²) in [5.74, 6) is 0. The van der Waals surface area contributed by atoms with Crippen molar-refractivity contribution in [2.24, 2.45) is 4.74 Å². The maximum Gasteiger partial charge on any atom is 0.147 e. The highest BCUT2D eigenvalue weighted by Crippen LogP contribution is 2.40. The van der Waals surface area contributed by atoms with Crippen LogP contribution >= 0.6 is 7.43 Å². The molecule has 1 N–H and O–H groups in total. The number of hydrogen-bond acceptors (Lipinski definition) is 4. The van der Waals surface area contributed by atoms with Gasteiger partial charge in [-0.25, -0.2) is 0 Å². The zero-order valence-electron chi connectivity index (χ0n) is 9.45. The minimum Gasteiger partial charge on any atom is -0.382 e. The van der Waals surface area contributed by atoms with Crippen molar-refractivity contribution in [3.05, 3.63) is 0 Å². The van der Waals surface area contributed by atoms with Crippen molar-refractivity contribution >= 4 is 7.43 Å². The zero-order chi connectivity index (χ0) is 10.9. The first-order valence-corrected chi connectivity index (χ1v) is 6.67.